The summed E-state index contributed by atoms with van der Waals surface area (Å²) in [6.45, 7) is 0.480. The molecule has 0 bridgehead atoms. The molecule has 1 aliphatic heterocycles. The molecule has 0 unspecified atom stereocenters. The zero-order valence-electron chi connectivity index (χ0n) is 11.2. The average Bonchev–Trinajstić information content (AvgIpc) is 2.94. The molecule has 1 aliphatic rings. The van der Waals surface area contributed by atoms with Crippen molar-refractivity contribution in [1.82, 2.24) is 19.3 Å². The van der Waals surface area contributed by atoms with Gasteiger partial charge in [0.15, 0.2) is 0 Å². The minimum atomic E-state index is -4.59. The molecule has 0 radical (unpaired) electrons. The van der Waals surface area contributed by atoms with Gasteiger partial charge < -0.3 is 0 Å². The smallest absolute Gasteiger partial charge is 0.247 e. The Morgan fingerprint density at radius 3 is 2.68 bits per heavy atom. The Bertz CT molecular complexity index is 801. The van der Waals surface area contributed by atoms with Gasteiger partial charge in [-0.15, -0.1) is 5.10 Å². The van der Waals surface area contributed by atoms with Crippen LogP contribution in [0, 0.1) is 0 Å². The number of alkyl halides is 3. The zero-order chi connectivity index (χ0) is 16.0. The Labute approximate surface area is 124 Å². The number of nitrogens with zero attached hydrogens (tertiary/aromatic N) is 4. The molecule has 0 N–H and O–H groups in total. The molecule has 0 fully saturated rings. The summed E-state index contributed by atoms with van der Waals surface area (Å²) < 4.78 is 65.9. The maximum Gasteiger partial charge on any atom is 0.416 e. The molecule has 6 nitrogen and oxygen atoms in total. The number of hydrogen-bond donors (Lipinski definition) is 0. The van der Waals surface area contributed by atoms with Crippen LogP contribution in [0.4, 0.5) is 13.2 Å². The summed E-state index contributed by atoms with van der Waals surface area (Å²) in [7, 11) is -4.00. The van der Waals surface area contributed by atoms with Crippen molar-refractivity contribution in [2.45, 2.75) is 24.2 Å². The number of hydrogen-bond acceptors (Lipinski definition) is 4. The fourth-order valence-electron chi connectivity index (χ4n) is 2.24. The van der Waals surface area contributed by atoms with E-state index in [0.717, 1.165) is 22.5 Å². The Balaban J connectivity index is 1.94. The number of benzene rings is 1. The van der Waals surface area contributed by atoms with Crippen LogP contribution in [-0.2, 0) is 29.3 Å². The normalized spacial score (nSPS) is 16.5. The van der Waals surface area contributed by atoms with E-state index in [1.807, 2.05) is 0 Å². The average molecular weight is 332 g/mol. The van der Waals surface area contributed by atoms with Crippen LogP contribution < -0.4 is 0 Å². The monoisotopic (exact) mass is 332 g/mol. The first kappa shape index (κ1) is 15.0. The molecule has 0 saturated heterocycles. The van der Waals surface area contributed by atoms with Gasteiger partial charge in [-0.2, -0.15) is 17.5 Å². The highest BCUT2D eigenvalue weighted by molar-refractivity contribution is 7.89. The molecule has 22 heavy (non-hydrogen) atoms. The quantitative estimate of drug-likeness (QED) is 0.836. The van der Waals surface area contributed by atoms with Gasteiger partial charge in [0.05, 0.1) is 35.4 Å². The Morgan fingerprint density at radius 1 is 1.18 bits per heavy atom. The molecular weight excluding hydrogens is 321 g/mol. The van der Waals surface area contributed by atoms with Crippen molar-refractivity contribution < 1.29 is 21.6 Å². The van der Waals surface area contributed by atoms with Crippen LogP contribution in [0.2, 0.25) is 0 Å². The topological polar surface area (TPSA) is 68.1 Å². The number of halogens is 3. The van der Waals surface area contributed by atoms with Crippen LogP contribution in [0.25, 0.3) is 0 Å². The van der Waals surface area contributed by atoms with E-state index in [-0.39, 0.29) is 18.0 Å². The summed E-state index contributed by atoms with van der Waals surface area (Å²) in [4.78, 5) is -0.372. The molecule has 1 aromatic carbocycles. The molecule has 3 rings (SSSR count). The first-order chi connectivity index (χ1) is 10.3. The van der Waals surface area contributed by atoms with Crippen LogP contribution in [0.5, 0.6) is 0 Å². The van der Waals surface area contributed by atoms with Gasteiger partial charge in [0, 0.05) is 6.54 Å². The van der Waals surface area contributed by atoms with Crippen LogP contribution in [0.3, 0.4) is 0 Å². The van der Waals surface area contributed by atoms with Gasteiger partial charge in [-0.1, -0.05) is 11.3 Å². The van der Waals surface area contributed by atoms with Gasteiger partial charge in [0.1, 0.15) is 0 Å². The van der Waals surface area contributed by atoms with Crippen LogP contribution in [-0.4, -0.2) is 34.3 Å². The van der Waals surface area contributed by atoms with E-state index in [9.17, 15) is 21.6 Å². The summed E-state index contributed by atoms with van der Waals surface area (Å²) in [5.74, 6) is 0. The summed E-state index contributed by atoms with van der Waals surface area (Å²) in [6.07, 6.45) is -3.15. The van der Waals surface area contributed by atoms with Crippen molar-refractivity contribution in [2.75, 3.05) is 6.54 Å². The predicted octanol–water partition coefficient (Wildman–Crippen LogP) is 1.50. The fraction of sp³-hybridized carbons (Fsp3) is 0.333. The molecule has 0 atom stereocenters. The van der Waals surface area contributed by atoms with Gasteiger partial charge in [-0.05, 0) is 18.2 Å². The Hall–Kier alpha value is -1.94. The Kier molecular flexibility index (Phi) is 3.44. The third-order valence-corrected chi connectivity index (χ3v) is 5.24. The lowest BCUT2D eigenvalue weighted by atomic mass is 10.2. The molecule has 118 valence electrons. The van der Waals surface area contributed by atoms with Crippen molar-refractivity contribution >= 4 is 10.0 Å². The second-order valence-corrected chi connectivity index (χ2v) is 6.75. The van der Waals surface area contributed by atoms with Crippen molar-refractivity contribution in [3.05, 3.63) is 41.7 Å². The number of sulfonamides is 1. The lowest BCUT2D eigenvalue weighted by Gasteiger charge is -2.26. The van der Waals surface area contributed by atoms with Gasteiger partial charge in [0.2, 0.25) is 10.0 Å². The van der Waals surface area contributed by atoms with E-state index >= 15 is 0 Å². The highest BCUT2D eigenvalue weighted by atomic mass is 32.2. The van der Waals surface area contributed by atoms with Crippen LogP contribution in [0.15, 0.2) is 35.4 Å². The van der Waals surface area contributed by atoms with Crippen molar-refractivity contribution in [3.8, 4) is 0 Å². The lowest BCUT2D eigenvalue weighted by Crippen LogP contribution is -2.38. The van der Waals surface area contributed by atoms with Crippen molar-refractivity contribution in [1.29, 1.82) is 0 Å². The molecular formula is C12H11F3N4O2S. The number of aromatic nitrogens is 3. The van der Waals surface area contributed by atoms with Gasteiger partial charge >= 0.3 is 6.18 Å². The molecule has 2 aromatic rings. The highest BCUT2D eigenvalue weighted by Crippen LogP contribution is 2.31. The van der Waals surface area contributed by atoms with Gasteiger partial charge in [-0.3, -0.25) is 0 Å². The first-order valence-electron chi connectivity index (χ1n) is 6.33. The van der Waals surface area contributed by atoms with Crippen molar-refractivity contribution in [2.24, 2.45) is 0 Å². The fourth-order valence-corrected chi connectivity index (χ4v) is 3.69. The molecule has 1 aromatic heterocycles. The standard InChI is InChI=1S/C12H11F3N4O2S/c13-12(14,15)9-2-1-3-11(6-9)22(20,21)18-4-5-19-10(8-18)7-16-17-19/h1-3,6-7H,4-5,8H2. The lowest BCUT2D eigenvalue weighted by molar-refractivity contribution is -0.137. The van der Waals surface area contributed by atoms with E-state index in [0.29, 0.717) is 18.3 Å². The van der Waals surface area contributed by atoms with Crippen LogP contribution >= 0.6 is 0 Å². The maximum absolute atomic E-state index is 12.7. The summed E-state index contributed by atoms with van der Waals surface area (Å²) in [6, 6.07) is 3.74. The summed E-state index contributed by atoms with van der Waals surface area (Å²) in [5, 5.41) is 7.47. The van der Waals surface area contributed by atoms with Crippen LogP contribution in [0.1, 0.15) is 11.3 Å². The maximum atomic E-state index is 12.7. The van der Waals surface area contributed by atoms with E-state index in [1.54, 1.807) is 4.68 Å². The highest BCUT2D eigenvalue weighted by Gasteiger charge is 2.34. The molecule has 0 amide bonds. The van der Waals surface area contributed by atoms with E-state index in [1.165, 1.54) is 6.20 Å². The predicted molar refractivity (Wildman–Crippen MR) is 69.1 cm³/mol. The molecule has 0 saturated carbocycles. The third-order valence-electron chi connectivity index (χ3n) is 3.40. The second-order valence-electron chi connectivity index (χ2n) is 4.81. The van der Waals surface area contributed by atoms with Crippen molar-refractivity contribution in [3.63, 3.8) is 0 Å². The second kappa shape index (κ2) is 5.06. The van der Waals surface area contributed by atoms with E-state index in [2.05, 4.69) is 10.3 Å². The summed E-state index contributed by atoms with van der Waals surface area (Å²) in [5.41, 5.74) is -0.390. The summed E-state index contributed by atoms with van der Waals surface area (Å²) >= 11 is 0. The molecule has 10 heteroatoms. The number of rotatable bonds is 2. The third kappa shape index (κ3) is 2.59. The van der Waals surface area contributed by atoms with Gasteiger partial charge in [-0.25, -0.2) is 13.1 Å². The molecule has 0 spiro atoms. The minimum absolute atomic E-state index is 0.0333. The van der Waals surface area contributed by atoms with E-state index < -0.39 is 21.8 Å². The minimum Gasteiger partial charge on any atom is -0.247 e. The Morgan fingerprint density at radius 2 is 1.95 bits per heavy atom. The van der Waals surface area contributed by atoms with Gasteiger partial charge in [0.25, 0.3) is 0 Å². The SMILES string of the molecule is O=S(=O)(c1cccc(C(F)(F)F)c1)N1CCn2nncc2C1. The largest absolute Gasteiger partial charge is 0.416 e. The zero-order valence-corrected chi connectivity index (χ0v) is 12.0. The first-order valence-corrected chi connectivity index (χ1v) is 7.77. The molecule has 0 aliphatic carbocycles. The van der Waals surface area contributed by atoms with E-state index in [4.69, 9.17) is 0 Å². The number of fused-ring (bicyclic) bond motifs is 1. The molecule has 2 heterocycles.